The lowest BCUT2D eigenvalue weighted by Crippen LogP contribution is -2.30. The van der Waals surface area contributed by atoms with Crippen molar-refractivity contribution in [1.82, 2.24) is 0 Å². The van der Waals surface area contributed by atoms with Gasteiger partial charge in [-0.25, -0.2) is 0 Å². The number of carbonyl (C=O) groups is 3. The molecular formula is C55H106O6. The van der Waals surface area contributed by atoms with Gasteiger partial charge in [-0.1, -0.05) is 260 Å². The standard InChI is InChI=1S/C55H106O6/c1-7-51(6)43-37-31-27-28-33-39-45-54(57)60-48-52(47-59-53(56)44-38-32-25-21-18-14-16-20-24-30-36-42-50(4)5)61-55(58)46-40-34-26-22-17-13-11-9-8-10-12-15-19-23-29-35-41-49(2)3/h49-52H,7-48H2,1-6H3/t51?,52-/m0/s1. The molecule has 0 N–H and O–H groups in total. The summed E-state index contributed by atoms with van der Waals surface area (Å²) in [5.41, 5.74) is 0. The first-order valence-corrected chi connectivity index (χ1v) is 27.1. The van der Waals surface area contributed by atoms with Crippen molar-refractivity contribution >= 4 is 17.9 Å². The van der Waals surface area contributed by atoms with E-state index < -0.39 is 6.10 Å². The van der Waals surface area contributed by atoms with Crippen molar-refractivity contribution < 1.29 is 28.6 Å². The Morgan fingerprint density at radius 1 is 0.328 bits per heavy atom. The van der Waals surface area contributed by atoms with Crippen LogP contribution in [0.3, 0.4) is 0 Å². The molecule has 2 atom stereocenters. The molecule has 0 aromatic heterocycles. The van der Waals surface area contributed by atoms with Crippen LogP contribution >= 0.6 is 0 Å². The molecule has 0 saturated heterocycles. The first kappa shape index (κ1) is 59.4. The van der Waals surface area contributed by atoms with Crippen molar-refractivity contribution in [3.63, 3.8) is 0 Å². The fourth-order valence-electron chi connectivity index (χ4n) is 8.26. The van der Waals surface area contributed by atoms with E-state index >= 15 is 0 Å². The smallest absolute Gasteiger partial charge is 0.306 e. The molecule has 0 rings (SSSR count). The minimum absolute atomic E-state index is 0.0649. The molecule has 0 fully saturated rings. The van der Waals surface area contributed by atoms with Crippen molar-refractivity contribution in [3.8, 4) is 0 Å². The summed E-state index contributed by atoms with van der Waals surface area (Å²) in [5, 5.41) is 0. The van der Waals surface area contributed by atoms with E-state index in [9.17, 15) is 14.4 Å². The van der Waals surface area contributed by atoms with Gasteiger partial charge in [-0.2, -0.15) is 0 Å². The minimum atomic E-state index is -0.763. The van der Waals surface area contributed by atoms with Crippen LogP contribution in [0.15, 0.2) is 0 Å². The second-order valence-electron chi connectivity index (χ2n) is 20.1. The first-order valence-electron chi connectivity index (χ1n) is 27.1. The molecule has 362 valence electrons. The third kappa shape index (κ3) is 47.7. The Labute approximate surface area is 380 Å². The van der Waals surface area contributed by atoms with Crippen molar-refractivity contribution in [2.75, 3.05) is 13.2 Å². The van der Waals surface area contributed by atoms with E-state index in [1.807, 2.05) is 0 Å². The van der Waals surface area contributed by atoms with Crippen molar-refractivity contribution in [2.24, 2.45) is 17.8 Å². The quantitative estimate of drug-likeness (QED) is 0.0344. The maximum Gasteiger partial charge on any atom is 0.306 e. The number of carbonyl (C=O) groups excluding carboxylic acids is 3. The van der Waals surface area contributed by atoms with E-state index in [1.54, 1.807) is 0 Å². The van der Waals surface area contributed by atoms with Crippen LogP contribution in [0.25, 0.3) is 0 Å². The molecule has 0 saturated carbocycles. The van der Waals surface area contributed by atoms with Gasteiger partial charge in [0.2, 0.25) is 0 Å². The van der Waals surface area contributed by atoms with Gasteiger partial charge in [0, 0.05) is 19.3 Å². The highest BCUT2D eigenvalue weighted by Crippen LogP contribution is 2.18. The molecule has 0 bridgehead atoms. The molecule has 0 amide bonds. The van der Waals surface area contributed by atoms with Crippen molar-refractivity contribution in [1.29, 1.82) is 0 Å². The number of unbranched alkanes of at least 4 members (excludes halogenated alkanes) is 30. The van der Waals surface area contributed by atoms with Crippen molar-refractivity contribution in [2.45, 2.75) is 304 Å². The van der Waals surface area contributed by atoms with E-state index in [2.05, 4.69) is 41.5 Å². The summed E-state index contributed by atoms with van der Waals surface area (Å²) in [6, 6.07) is 0. The van der Waals surface area contributed by atoms with E-state index in [-0.39, 0.29) is 31.1 Å². The summed E-state index contributed by atoms with van der Waals surface area (Å²) in [7, 11) is 0. The average molecular weight is 863 g/mol. The highest BCUT2D eigenvalue weighted by Gasteiger charge is 2.19. The maximum atomic E-state index is 12.8. The summed E-state index contributed by atoms with van der Waals surface area (Å²) < 4.78 is 16.8. The zero-order chi connectivity index (χ0) is 44.9. The third-order valence-electron chi connectivity index (χ3n) is 12.8. The third-order valence-corrected chi connectivity index (χ3v) is 12.8. The average Bonchev–Trinajstić information content (AvgIpc) is 3.23. The molecule has 0 aliphatic heterocycles. The Morgan fingerprint density at radius 2 is 0.574 bits per heavy atom. The van der Waals surface area contributed by atoms with Gasteiger partial charge in [-0.15, -0.1) is 0 Å². The lowest BCUT2D eigenvalue weighted by molar-refractivity contribution is -0.167. The second-order valence-corrected chi connectivity index (χ2v) is 20.1. The second kappa shape index (κ2) is 46.4. The lowest BCUT2D eigenvalue weighted by Gasteiger charge is -2.18. The largest absolute Gasteiger partial charge is 0.462 e. The van der Waals surface area contributed by atoms with Gasteiger partial charge < -0.3 is 14.2 Å². The Bertz CT molecular complexity index is 947. The normalized spacial score (nSPS) is 12.6. The zero-order valence-electron chi connectivity index (χ0n) is 42.0. The van der Waals surface area contributed by atoms with Gasteiger partial charge in [0.05, 0.1) is 0 Å². The van der Waals surface area contributed by atoms with Gasteiger partial charge in [-0.05, 0) is 37.0 Å². The topological polar surface area (TPSA) is 78.9 Å². The summed E-state index contributed by atoms with van der Waals surface area (Å²) >= 11 is 0. The van der Waals surface area contributed by atoms with Gasteiger partial charge in [0.25, 0.3) is 0 Å². The predicted octanol–water partition coefficient (Wildman–Crippen LogP) is 17.6. The van der Waals surface area contributed by atoms with Crippen LogP contribution in [0.2, 0.25) is 0 Å². The van der Waals surface area contributed by atoms with Crippen LogP contribution in [0.1, 0.15) is 298 Å². The molecule has 0 aromatic rings. The Balaban J connectivity index is 4.27. The maximum absolute atomic E-state index is 12.8. The summed E-state index contributed by atoms with van der Waals surface area (Å²) in [4.78, 5) is 38.0. The van der Waals surface area contributed by atoms with E-state index in [4.69, 9.17) is 14.2 Å². The molecule has 6 nitrogen and oxygen atoms in total. The monoisotopic (exact) mass is 863 g/mol. The number of rotatable bonds is 48. The summed E-state index contributed by atoms with van der Waals surface area (Å²) in [5.74, 6) is 1.64. The number of hydrogen-bond donors (Lipinski definition) is 0. The molecule has 0 aliphatic carbocycles. The Kier molecular flexibility index (Phi) is 45.2. The molecule has 6 heteroatoms. The molecule has 1 unspecified atom stereocenters. The Hall–Kier alpha value is -1.59. The molecular weight excluding hydrogens is 757 g/mol. The highest BCUT2D eigenvalue weighted by atomic mass is 16.6. The summed E-state index contributed by atoms with van der Waals surface area (Å²) in [6.07, 6.45) is 46.7. The summed E-state index contributed by atoms with van der Waals surface area (Å²) in [6.45, 7) is 13.7. The van der Waals surface area contributed by atoms with Crippen LogP contribution in [0.4, 0.5) is 0 Å². The van der Waals surface area contributed by atoms with Gasteiger partial charge >= 0.3 is 17.9 Å². The SMILES string of the molecule is CCC(C)CCCCCCCCC(=O)OC[C@H](COC(=O)CCCCCCCCCCCCCC(C)C)OC(=O)CCCCCCCCCCCCCCCCCCC(C)C. The van der Waals surface area contributed by atoms with E-state index in [0.717, 1.165) is 75.5 Å². The number of esters is 3. The highest BCUT2D eigenvalue weighted by molar-refractivity contribution is 5.71. The van der Waals surface area contributed by atoms with Crippen LogP contribution < -0.4 is 0 Å². The van der Waals surface area contributed by atoms with E-state index in [0.29, 0.717) is 19.3 Å². The van der Waals surface area contributed by atoms with Gasteiger partial charge in [0.1, 0.15) is 13.2 Å². The lowest BCUT2D eigenvalue weighted by atomic mass is 10.00. The predicted molar refractivity (Wildman–Crippen MR) is 261 cm³/mol. The van der Waals surface area contributed by atoms with Crippen LogP contribution in [-0.4, -0.2) is 37.2 Å². The zero-order valence-corrected chi connectivity index (χ0v) is 42.0. The fraction of sp³-hybridized carbons (Fsp3) is 0.945. The van der Waals surface area contributed by atoms with Crippen molar-refractivity contribution in [3.05, 3.63) is 0 Å². The molecule has 0 radical (unpaired) electrons. The van der Waals surface area contributed by atoms with Crippen LogP contribution in [-0.2, 0) is 28.6 Å². The van der Waals surface area contributed by atoms with E-state index in [1.165, 1.54) is 180 Å². The Morgan fingerprint density at radius 3 is 0.852 bits per heavy atom. The molecule has 61 heavy (non-hydrogen) atoms. The molecule has 0 aromatic carbocycles. The molecule has 0 heterocycles. The number of ether oxygens (including phenoxy) is 3. The minimum Gasteiger partial charge on any atom is -0.462 e. The number of hydrogen-bond acceptors (Lipinski definition) is 6. The van der Waals surface area contributed by atoms with Gasteiger partial charge in [-0.3, -0.25) is 14.4 Å². The molecule has 0 aliphatic rings. The first-order chi connectivity index (χ1) is 29.6. The molecule has 0 spiro atoms. The van der Waals surface area contributed by atoms with Crippen LogP contribution in [0, 0.1) is 17.8 Å². The fourth-order valence-corrected chi connectivity index (χ4v) is 8.26. The van der Waals surface area contributed by atoms with Gasteiger partial charge in [0.15, 0.2) is 6.10 Å². The van der Waals surface area contributed by atoms with Crippen LogP contribution in [0.5, 0.6) is 0 Å².